The Balaban J connectivity index is 1.90. The van der Waals surface area contributed by atoms with Gasteiger partial charge >= 0.3 is 0 Å². The molecule has 0 saturated carbocycles. The summed E-state index contributed by atoms with van der Waals surface area (Å²) in [7, 11) is -1.93. The van der Waals surface area contributed by atoms with Crippen LogP contribution in [0.2, 0.25) is 0 Å². The van der Waals surface area contributed by atoms with Crippen LogP contribution in [0.1, 0.15) is 24.2 Å². The molecule has 28 heavy (non-hydrogen) atoms. The van der Waals surface area contributed by atoms with Crippen molar-refractivity contribution in [3.8, 4) is 0 Å². The van der Waals surface area contributed by atoms with Crippen LogP contribution in [-0.4, -0.2) is 39.9 Å². The van der Waals surface area contributed by atoms with Crippen LogP contribution in [-0.2, 0) is 14.8 Å². The predicted molar refractivity (Wildman–Crippen MR) is 107 cm³/mol. The fourth-order valence-corrected chi connectivity index (χ4v) is 3.62. The van der Waals surface area contributed by atoms with Crippen LogP contribution in [0, 0.1) is 0 Å². The number of para-hydroxylation sites is 1. The molecule has 0 aliphatic carbocycles. The Morgan fingerprint density at radius 3 is 2.18 bits per heavy atom. The summed E-state index contributed by atoms with van der Waals surface area (Å²) in [6, 6.07) is 14.5. The van der Waals surface area contributed by atoms with Gasteiger partial charge in [-0.15, -0.1) is 0 Å². The van der Waals surface area contributed by atoms with Crippen molar-refractivity contribution in [2.24, 2.45) is 0 Å². The molecule has 3 N–H and O–H groups in total. The van der Waals surface area contributed by atoms with Crippen LogP contribution in [0.5, 0.6) is 0 Å². The number of hydrogen-bond acceptors (Lipinski definition) is 5. The van der Waals surface area contributed by atoms with Gasteiger partial charge in [-0.25, -0.2) is 13.1 Å². The molecule has 0 unspecified atom stereocenters. The van der Waals surface area contributed by atoms with E-state index in [1.165, 1.54) is 24.3 Å². The first-order valence-corrected chi connectivity index (χ1v) is 10.2. The van der Waals surface area contributed by atoms with Crippen molar-refractivity contribution in [1.29, 1.82) is 0 Å². The van der Waals surface area contributed by atoms with Gasteiger partial charge in [0.15, 0.2) is 0 Å². The van der Waals surface area contributed by atoms with E-state index in [-0.39, 0.29) is 29.0 Å². The summed E-state index contributed by atoms with van der Waals surface area (Å²) in [6.45, 7) is 3.23. The highest BCUT2D eigenvalue weighted by molar-refractivity contribution is 7.89. The Kier molecular flexibility index (Phi) is 7.13. The molecule has 0 saturated heterocycles. The molecule has 0 atom stereocenters. The van der Waals surface area contributed by atoms with Crippen LogP contribution in [0.25, 0.3) is 0 Å². The standard InChI is InChI=1S/C19H24N4O4S/c1-14(2)22-28(26,27)17-11-9-15(10-12-17)19(25)20-13-18(24)21-23(3)16-7-5-4-6-8-16/h4-12,14,22H,13H2,1-3H3,(H,20,25)(H,21,24). The molecule has 2 aromatic carbocycles. The second-order valence-corrected chi connectivity index (χ2v) is 8.13. The number of carbonyl (C=O) groups excluding carboxylic acids is 2. The van der Waals surface area contributed by atoms with E-state index in [1.54, 1.807) is 25.9 Å². The quantitative estimate of drug-likeness (QED) is 0.575. The van der Waals surface area contributed by atoms with Gasteiger partial charge in [-0.1, -0.05) is 18.2 Å². The van der Waals surface area contributed by atoms with Gasteiger partial charge in [0, 0.05) is 18.7 Å². The maximum absolute atomic E-state index is 12.2. The highest BCUT2D eigenvalue weighted by Gasteiger charge is 2.16. The monoisotopic (exact) mass is 404 g/mol. The lowest BCUT2D eigenvalue weighted by atomic mass is 10.2. The summed E-state index contributed by atoms with van der Waals surface area (Å²) < 4.78 is 26.6. The van der Waals surface area contributed by atoms with Gasteiger partial charge in [0.2, 0.25) is 10.0 Å². The number of nitrogens with one attached hydrogen (secondary N) is 3. The number of nitrogens with zero attached hydrogens (tertiary/aromatic N) is 1. The Bertz CT molecular complexity index is 913. The van der Waals surface area contributed by atoms with Gasteiger partial charge < -0.3 is 5.32 Å². The molecule has 0 aromatic heterocycles. The third kappa shape index (κ3) is 6.07. The Morgan fingerprint density at radius 2 is 1.61 bits per heavy atom. The summed E-state index contributed by atoms with van der Waals surface area (Å²) in [6.07, 6.45) is 0. The molecule has 0 bridgehead atoms. The van der Waals surface area contributed by atoms with Crippen LogP contribution < -0.4 is 20.5 Å². The fraction of sp³-hybridized carbons (Fsp3) is 0.263. The first-order chi connectivity index (χ1) is 13.2. The van der Waals surface area contributed by atoms with E-state index in [4.69, 9.17) is 0 Å². The van der Waals surface area contributed by atoms with Crippen LogP contribution in [0.15, 0.2) is 59.5 Å². The van der Waals surface area contributed by atoms with Crippen molar-refractivity contribution >= 4 is 27.5 Å². The lowest BCUT2D eigenvalue weighted by molar-refractivity contribution is -0.120. The number of rotatable bonds is 8. The average molecular weight is 404 g/mol. The maximum atomic E-state index is 12.2. The zero-order chi connectivity index (χ0) is 20.7. The van der Waals surface area contributed by atoms with Crippen molar-refractivity contribution < 1.29 is 18.0 Å². The van der Waals surface area contributed by atoms with Gasteiger partial charge in [0.05, 0.1) is 17.1 Å². The fourth-order valence-electron chi connectivity index (χ4n) is 2.37. The molecule has 2 rings (SSSR count). The molecule has 0 radical (unpaired) electrons. The molecular weight excluding hydrogens is 380 g/mol. The molecule has 2 aromatic rings. The van der Waals surface area contributed by atoms with Crippen LogP contribution in [0.4, 0.5) is 5.69 Å². The zero-order valence-electron chi connectivity index (χ0n) is 16.0. The molecule has 0 aliphatic rings. The van der Waals surface area contributed by atoms with E-state index in [9.17, 15) is 18.0 Å². The Hall–Kier alpha value is -2.91. The Labute approximate surface area is 165 Å². The first-order valence-electron chi connectivity index (χ1n) is 8.68. The summed E-state index contributed by atoms with van der Waals surface area (Å²) in [5.74, 6) is -0.863. The van der Waals surface area contributed by atoms with E-state index >= 15 is 0 Å². The summed E-state index contributed by atoms with van der Waals surface area (Å²) in [4.78, 5) is 24.2. The topological polar surface area (TPSA) is 108 Å². The third-order valence-electron chi connectivity index (χ3n) is 3.66. The van der Waals surface area contributed by atoms with Gasteiger partial charge in [0.1, 0.15) is 0 Å². The predicted octanol–water partition coefficient (Wildman–Crippen LogP) is 1.27. The molecule has 8 nitrogen and oxygen atoms in total. The van der Waals surface area contributed by atoms with Crippen molar-refractivity contribution in [3.05, 3.63) is 60.2 Å². The number of amides is 2. The highest BCUT2D eigenvalue weighted by Crippen LogP contribution is 2.11. The molecule has 150 valence electrons. The maximum Gasteiger partial charge on any atom is 0.257 e. The van der Waals surface area contributed by atoms with Crippen molar-refractivity contribution in [2.75, 3.05) is 18.6 Å². The lowest BCUT2D eigenvalue weighted by Crippen LogP contribution is -2.45. The number of benzene rings is 2. The minimum Gasteiger partial charge on any atom is -0.343 e. The second-order valence-electron chi connectivity index (χ2n) is 6.41. The largest absolute Gasteiger partial charge is 0.343 e. The minimum absolute atomic E-state index is 0.0694. The SMILES string of the molecule is CC(C)NS(=O)(=O)c1ccc(C(=O)NCC(=O)NN(C)c2ccccc2)cc1. The summed E-state index contributed by atoms with van der Waals surface area (Å²) in [5.41, 5.74) is 3.70. The van der Waals surface area contributed by atoms with Crippen molar-refractivity contribution in [3.63, 3.8) is 0 Å². The van der Waals surface area contributed by atoms with E-state index in [0.29, 0.717) is 0 Å². The van der Waals surface area contributed by atoms with Crippen molar-refractivity contribution in [1.82, 2.24) is 15.5 Å². The number of hydrogen-bond donors (Lipinski definition) is 3. The van der Waals surface area contributed by atoms with Crippen molar-refractivity contribution in [2.45, 2.75) is 24.8 Å². The first kappa shape index (κ1) is 21.4. The average Bonchev–Trinajstić information content (AvgIpc) is 2.66. The van der Waals surface area contributed by atoms with Crippen LogP contribution in [0.3, 0.4) is 0 Å². The number of carbonyl (C=O) groups is 2. The molecule has 0 spiro atoms. The minimum atomic E-state index is -3.62. The number of anilines is 1. The number of hydrazine groups is 1. The molecule has 0 heterocycles. The second kappa shape index (κ2) is 9.34. The van der Waals surface area contributed by atoms with Gasteiger partial charge in [0.25, 0.3) is 11.8 Å². The van der Waals surface area contributed by atoms with E-state index in [0.717, 1.165) is 5.69 Å². The van der Waals surface area contributed by atoms with Gasteiger partial charge in [-0.05, 0) is 50.2 Å². The van der Waals surface area contributed by atoms with Gasteiger partial charge in [-0.2, -0.15) is 0 Å². The molecular formula is C19H24N4O4S. The Morgan fingerprint density at radius 1 is 1.00 bits per heavy atom. The van der Waals surface area contributed by atoms with E-state index in [2.05, 4.69) is 15.5 Å². The van der Waals surface area contributed by atoms with E-state index in [1.807, 2.05) is 30.3 Å². The summed E-state index contributed by atoms with van der Waals surface area (Å²) >= 11 is 0. The lowest BCUT2D eigenvalue weighted by Gasteiger charge is -2.20. The van der Waals surface area contributed by atoms with E-state index < -0.39 is 15.9 Å². The molecule has 2 amide bonds. The van der Waals surface area contributed by atoms with Gasteiger partial charge in [-0.3, -0.25) is 20.0 Å². The zero-order valence-corrected chi connectivity index (χ0v) is 16.8. The smallest absolute Gasteiger partial charge is 0.257 e. The number of sulfonamides is 1. The molecule has 0 aliphatic heterocycles. The molecule has 0 fully saturated rings. The summed E-state index contributed by atoms with van der Waals surface area (Å²) in [5, 5.41) is 4.05. The highest BCUT2D eigenvalue weighted by atomic mass is 32.2. The third-order valence-corrected chi connectivity index (χ3v) is 5.34. The molecule has 9 heteroatoms. The van der Waals surface area contributed by atoms with Crippen LogP contribution >= 0.6 is 0 Å². The normalized spacial score (nSPS) is 11.1.